The summed E-state index contributed by atoms with van der Waals surface area (Å²) in [5, 5.41) is 0. The Kier molecular flexibility index (Phi) is 3.80. The molecule has 0 bridgehead atoms. The highest BCUT2D eigenvalue weighted by Crippen LogP contribution is 2.34. The molecule has 1 aromatic carbocycles. The average Bonchev–Trinajstić information content (AvgIpc) is 2.33. The summed E-state index contributed by atoms with van der Waals surface area (Å²) < 4.78 is 43.8. The van der Waals surface area contributed by atoms with Gasteiger partial charge in [-0.25, -0.2) is 0 Å². The van der Waals surface area contributed by atoms with E-state index in [0.717, 1.165) is 28.8 Å². The van der Waals surface area contributed by atoms with Gasteiger partial charge in [-0.1, -0.05) is 6.07 Å². The van der Waals surface area contributed by atoms with Gasteiger partial charge in [-0.3, -0.25) is 0 Å². The Morgan fingerprint density at radius 3 is 2.33 bits per heavy atom. The molecule has 112 valence electrons. The molecule has 0 amide bonds. The van der Waals surface area contributed by atoms with Crippen LogP contribution in [-0.4, -0.2) is 4.98 Å². The molecule has 1 aromatic heterocycles. The molecular formula is C15H15F3N2O. The molecule has 0 fully saturated rings. The monoisotopic (exact) mass is 296 g/mol. The minimum Gasteiger partial charge on any atom is -0.439 e. The van der Waals surface area contributed by atoms with Crippen LogP contribution in [0.3, 0.4) is 0 Å². The number of rotatable bonds is 2. The van der Waals surface area contributed by atoms with Crippen LogP contribution in [0.2, 0.25) is 0 Å². The van der Waals surface area contributed by atoms with Gasteiger partial charge >= 0.3 is 6.18 Å². The number of nitrogen functional groups attached to an aromatic ring is 1. The summed E-state index contributed by atoms with van der Waals surface area (Å²) in [6, 6.07) is 5.34. The highest BCUT2D eigenvalue weighted by molar-refractivity contribution is 5.45. The van der Waals surface area contributed by atoms with Gasteiger partial charge in [-0.05, 0) is 49.6 Å². The van der Waals surface area contributed by atoms with Crippen molar-refractivity contribution in [2.75, 3.05) is 5.73 Å². The maximum Gasteiger partial charge on any atom is 0.416 e. The summed E-state index contributed by atoms with van der Waals surface area (Å²) in [7, 11) is 0. The number of alkyl halides is 3. The van der Waals surface area contributed by atoms with E-state index in [1.807, 2.05) is 26.8 Å². The van der Waals surface area contributed by atoms with E-state index in [1.165, 1.54) is 0 Å². The Bertz CT molecular complexity index is 681. The van der Waals surface area contributed by atoms with Crippen LogP contribution in [0.5, 0.6) is 11.6 Å². The van der Waals surface area contributed by atoms with Gasteiger partial charge in [0, 0.05) is 6.07 Å². The molecule has 6 heteroatoms. The van der Waals surface area contributed by atoms with Crippen molar-refractivity contribution in [3.63, 3.8) is 0 Å². The highest BCUT2D eigenvalue weighted by atomic mass is 19.4. The van der Waals surface area contributed by atoms with E-state index in [2.05, 4.69) is 4.98 Å². The molecule has 0 radical (unpaired) electrons. The first-order valence-corrected chi connectivity index (χ1v) is 6.27. The third-order valence-corrected chi connectivity index (χ3v) is 3.13. The molecule has 0 saturated carbocycles. The number of hydrogen-bond acceptors (Lipinski definition) is 3. The number of hydrogen-bond donors (Lipinski definition) is 1. The SMILES string of the molecule is Cc1cc(C)c(C)c(Oc2cc(C(F)(F)F)cc(N)n2)c1. The van der Waals surface area contributed by atoms with Crippen molar-refractivity contribution >= 4 is 5.82 Å². The zero-order valence-corrected chi connectivity index (χ0v) is 11.9. The van der Waals surface area contributed by atoms with E-state index in [1.54, 1.807) is 6.07 Å². The lowest BCUT2D eigenvalue weighted by Crippen LogP contribution is -2.07. The van der Waals surface area contributed by atoms with Gasteiger partial charge in [0.25, 0.3) is 0 Å². The second kappa shape index (κ2) is 5.27. The van der Waals surface area contributed by atoms with Gasteiger partial charge in [-0.2, -0.15) is 18.2 Å². The van der Waals surface area contributed by atoms with Crippen molar-refractivity contribution in [1.82, 2.24) is 4.98 Å². The molecule has 3 nitrogen and oxygen atoms in total. The molecular weight excluding hydrogens is 281 g/mol. The molecule has 0 aliphatic heterocycles. The van der Waals surface area contributed by atoms with E-state index >= 15 is 0 Å². The van der Waals surface area contributed by atoms with Gasteiger partial charge in [0.1, 0.15) is 11.6 Å². The first-order valence-electron chi connectivity index (χ1n) is 6.27. The number of anilines is 1. The van der Waals surface area contributed by atoms with Crippen LogP contribution in [0.15, 0.2) is 24.3 Å². The molecule has 0 saturated heterocycles. The summed E-state index contributed by atoms with van der Waals surface area (Å²) in [4.78, 5) is 3.80. The van der Waals surface area contributed by atoms with E-state index < -0.39 is 11.7 Å². The minimum absolute atomic E-state index is 0.171. The zero-order valence-electron chi connectivity index (χ0n) is 11.9. The Morgan fingerprint density at radius 2 is 1.71 bits per heavy atom. The number of nitrogens with zero attached hydrogens (tertiary/aromatic N) is 1. The molecule has 2 aromatic rings. The number of halogens is 3. The second-order valence-electron chi connectivity index (χ2n) is 4.92. The van der Waals surface area contributed by atoms with Gasteiger partial charge in [0.2, 0.25) is 5.88 Å². The summed E-state index contributed by atoms with van der Waals surface area (Å²) in [6.45, 7) is 5.62. The molecule has 0 atom stereocenters. The van der Waals surface area contributed by atoms with Crippen molar-refractivity contribution in [1.29, 1.82) is 0 Å². The van der Waals surface area contributed by atoms with Crippen LogP contribution < -0.4 is 10.5 Å². The third kappa shape index (κ3) is 3.45. The summed E-state index contributed by atoms with van der Waals surface area (Å²) >= 11 is 0. The first kappa shape index (κ1) is 15.2. The van der Waals surface area contributed by atoms with E-state index in [4.69, 9.17) is 10.5 Å². The van der Waals surface area contributed by atoms with Crippen molar-refractivity contribution in [2.24, 2.45) is 0 Å². The summed E-state index contributed by atoms with van der Waals surface area (Å²) in [5.41, 5.74) is 7.32. The van der Waals surface area contributed by atoms with Crippen LogP contribution in [0.4, 0.5) is 19.0 Å². The van der Waals surface area contributed by atoms with Gasteiger partial charge in [-0.15, -0.1) is 0 Å². The van der Waals surface area contributed by atoms with Crippen molar-refractivity contribution in [3.8, 4) is 11.6 Å². The maximum absolute atomic E-state index is 12.8. The second-order valence-corrected chi connectivity index (χ2v) is 4.92. The standard InChI is InChI=1S/C15H15F3N2O/c1-8-4-9(2)10(3)12(5-8)21-14-7-11(15(16,17)18)6-13(19)20-14/h4-7H,1-3H3,(H2,19,20). The molecule has 0 aliphatic rings. The van der Waals surface area contributed by atoms with Crippen molar-refractivity contribution < 1.29 is 17.9 Å². The van der Waals surface area contributed by atoms with Crippen LogP contribution in [0.25, 0.3) is 0 Å². The lowest BCUT2D eigenvalue weighted by Gasteiger charge is -2.13. The fraction of sp³-hybridized carbons (Fsp3) is 0.267. The minimum atomic E-state index is -4.49. The smallest absolute Gasteiger partial charge is 0.416 e. The fourth-order valence-corrected chi connectivity index (χ4v) is 1.96. The quantitative estimate of drug-likeness (QED) is 0.893. The van der Waals surface area contributed by atoms with Crippen LogP contribution in [-0.2, 0) is 6.18 Å². The van der Waals surface area contributed by atoms with E-state index in [-0.39, 0.29) is 11.7 Å². The van der Waals surface area contributed by atoms with Crippen LogP contribution in [0, 0.1) is 20.8 Å². The zero-order chi connectivity index (χ0) is 15.8. The van der Waals surface area contributed by atoms with Crippen molar-refractivity contribution in [2.45, 2.75) is 26.9 Å². The largest absolute Gasteiger partial charge is 0.439 e. The number of aromatic nitrogens is 1. The molecule has 0 spiro atoms. The van der Waals surface area contributed by atoms with Gasteiger partial charge < -0.3 is 10.5 Å². The molecule has 1 heterocycles. The van der Waals surface area contributed by atoms with Crippen molar-refractivity contribution in [3.05, 3.63) is 46.5 Å². The lowest BCUT2D eigenvalue weighted by atomic mass is 10.1. The normalized spacial score (nSPS) is 11.5. The lowest BCUT2D eigenvalue weighted by molar-refractivity contribution is -0.137. The Labute approximate surface area is 120 Å². The summed E-state index contributed by atoms with van der Waals surface area (Å²) in [5.74, 6) is 0.0657. The predicted molar refractivity (Wildman–Crippen MR) is 74.4 cm³/mol. The third-order valence-electron chi connectivity index (χ3n) is 3.13. The highest BCUT2D eigenvalue weighted by Gasteiger charge is 2.31. The summed E-state index contributed by atoms with van der Waals surface area (Å²) in [6.07, 6.45) is -4.49. The van der Waals surface area contributed by atoms with E-state index in [9.17, 15) is 13.2 Å². The Morgan fingerprint density at radius 1 is 1.05 bits per heavy atom. The molecule has 21 heavy (non-hydrogen) atoms. The number of pyridine rings is 1. The Balaban J connectivity index is 2.43. The van der Waals surface area contributed by atoms with Crippen LogP contribution in [0.1, 0.15) is 22.3 Å². The Hall–Kier alpha value is -2.24. The van der Waals surface area contributed by atoms with E-state index in [0.29, 0.717) is 5.75 Å². The first-order chi connectivity index (χ1) is 9.66. The fourth-order valence-electron chi connectivity index (χ4n) is 1.96. The number of benzene rings is 1. The average molecular weight is 296 g/mol. The maximum atomic E-state index is 12.8. The molecule has 2 rings (SSSR count). The van der Waals surface area contributed by atoms with Gasteiger partial charge in [0.15, 0.2) is 0 Å². The molecule has 0 unspecified atom stereocenters. The number of nitrogens with two attached hydrogens (primary N) is 1. The van der Waals surface area contributed by atoms with Crippen LogP contribution >= 0.6 is 0 Å². The molecule has 0 aliphatic carbocycles. The number of aryl methyl sites for hydroxylation is 2. The number of ether oxygens (including phenoxy) is 1. The predicted octanol–water partition coefficient (Wildman–Crippen LogP) is 4.40. The topological polar surface area (TPSA) is 48.1 Å². The molecule has 2 N–H and O–H groups in total. The van der Waals surface area contributed by atoms with Gasteiger partial charge in [0.05, 0.1) is 5.56 Å².